The summed E-state index contributed by atoms with van der Waals surface area (Å²) in [4.78, 5) is 10.1. The minimum absolute atomic E-state index is 0.0989. The highest BCUT2D eigenvalue weighted by atomic mass is 15.0. The van der Waals surface area contributed by atoms with Crippen molar-refractivity contribution in [2.24, 2.45) is 0 Å². The van der Waals surface area contributed by atoms with Crippen molar-refractivity contribution in [3.05, 3.63) is 216 Å². The van der Waals surface area contributed by atoms with Gasteiger partial charge in [0.1, 0.15) is 0 Å². The van der Waals surface area contributed by atoms with Crippen LogP contribution in [0.2, 0.25) is 0 Å². The van der Waals surface area contributed by atoms with Crippen molar-refractivity contribution in [1.82, 2.24) is 19.1 Å². The second kappa shape index (κ2) is 13.7. The number of fused-ring (bicyclic) bond motifs is 6. The Morgan fingerprint density at radius 3 is 1.03 bits per heavy atom. The van der Waals surface area contributed by atoms with Crippen molar-refractivity contribution in [1.29, 1.82) is 0 Å². The molecule has 0 fully saturated rings. The summed E-state index contributed by atoms with van der Waals surface area (Å²) in [6, 6.07) is 62.4. The van der Waals surface area contributed by atoms with Crippen LogP contribution in [0.5, 0.6) is 0 Å². The summed E-state index contributed by atoms with van der Waals surface area (Å²) in [5.41, 5.74) is 12.9. The Labute approximate surface area is 346 Å². The van der Waals surface area contributed by atoms with Crippen LogP contribution in [-0.2, 0) is 16.2 Å². The SMILES string of the molecule is CC(C)(C)c1cc2c(cn1)c1ccc(C(c3ccccc3)(c3ccccc3)c3ccc4c5cnc(C(C)(C)C)cc5n(-c5ccccc5)c4c3)cc1n2-c1ccccc1. The summed E-state index contributed by atoms with van der Waals surface area (Å²) >= 11 is 0. The second-order valence-corrected chi connectivity index (χ2v) is 18.0. The van der Waals surface area contributed by atoms with Crippen LogP contribution in [0.15, 0.2) is 182 Å². The van der Waals surface area contributed by atoms with Gasteiger partial charge >= 0.3 is 0 Å². The largest absolute Gasteiger partial charge is 0.309 e. The van der Waals surface area contributed by atoms with E-state index in [1.165, 1.54) is 33.0 Å². The third-order valence-corrected chi connectivity index (χ3v) is 12.1. The van der Waals surface area contributed by atoms with Gasteiger partial charge in [0.15, 0.2) is 0 Å². The molecular weight excluding hydrogens is 717 g/mol. The molecule has 0 unspecified atom stereocenters. The number of pyridine rings is 2. The van der Waals surface area contributed by atoms with Crippen LogP contribution in [0.3, 0.4) is 0 Å². The summed E-state index contributed by atoms with van der Waals surface area (Å²) in [6.45, 7) is 13.4. The zero-order valence-corrected chi connectivity index (χ0v) is 34.6. The van der Waals surface area contributed by atoms with Gasteiger partial charge in [-0.1, -0.05) is 163 Å². The van der Waals surface area contributed by atoms with Gasteiger partial charge in [-0.25, -0.2) is 0 Å². The predicted molar refractivity (Wildman–Crippen MR) is 246 cm³/mol. The first-order valence-electron chi connectivity index (χ1n) is 20.7. The fourth-order valence-corrected chi connectivity index (χ4v) is 9.20. The summed E-state index contributed by atoms with van der Waals surface area (Å²) < 4.78 is 4.87. The number of rotatable bonds is 6. The van der Waals surface area contributed by atoms with E-state index in [4.69, 9.17) is 9.97 Å². The maximum atomic E-state index is 5.03. The molecule has 6 aromatic carbocycles. The Balaban J connectivity index is 1.34. The fraction of sp³-hybridized carbons (Fsp3) is 0.164. The molecule has 0 spiro atoms. The lowest BCUT2D eigenvalue weighted by atomic mass is 9.65. The topological polar surface area (TPSA) is 35.6 Å². The van der Waals surface area contributed by atoms with E-state index in [2.05, 4.69) is 233 Å². The van der Waals surface area contributed by atoms with Crippen molar-refractivity contribution in [3.8, 4) is 11.4 Å². The minimum atomic E-state index is -0.690. The summed E-state index contributed by atoms with van der Waals surface area (Å²) in [5.74, 6) is 0. The Kier molecular flexibility index (Phi) is 8.47. The molecule has 10 aromatic rings. The van der Waals surface area contributed by atoms with Gasteiger partial charge < -0.3 is 9.13 Å². The quantitative estimate of drug-likeness (QED) is 0.158. The first-order valence-corrected chi connectivity index (χ1v) is 20.7. The molecule has 10 rings (SSSR count). The molecule has 0 saturated heterocycles. The number of hydrogen-bond donors (Lipinski definition) is 0. The molecule has 4 heteroatoms. The van der Waals surface area contributed by atoms with E-state index in [1.54, 1.807) is 0 Å². The van der Waals surface area contributed by atoms with Gasteiger partial charge in [0.25, 0.3) is 0 Å². The number of benzene rings is 6. The van der Waals surface area contributed by atoms with Crippen LogP contribution in [0.25, 0.3) is 55.0 Å². The molecule has 0 aliphatic carbocycles. The molecule has 4 aromatic heterocycles. The summed E-state index contributed by atoms with van der Waals surface area (Å²) in [6.07, 6.45) is 4.16. The highest BCUT2D eigenvalue weighted by Gasteiger charge is 2.39. The Morgan fingerprint density at radius 1 is 0.339 bits per heavy atom. The van der Waals surface area contributed by atoms with Gasteiger partial charge in [0, 0.05) is 67.5 Å². The van der Waals surface area contributed by atoms with E-state index >= 15 is 0 Å². The van der Waals surface area contributed by atoms with E-state index in [-0.39, 0.29) is 10.8 Å². The van der Waals surface area contributed by atoms with Gasteiger partial charge in [-0.15, -0.1) is 0 Å². The zero-order valence-electron chi connectivity index (χ0n) is 34.6. The van der Waals surface area contributed by atoms with Crippen LogP contribution in [0.4, 0.5) is 0 Å². The van der Waals surface area contributed by atoms with Gasteiger partial charge in [-0.2, -0.15) is 0 Å². The smallest absolute Gasteiger partial charge is 0.0703 e. The lowest BCUT2D eigenvalue weighted by Crippen LogP contribution is -2.31. The number of aromatic nitrogens is 4. The lowest BCUT2D eigenvalue weighted by Gasteiger charge is -2.37. The molecule has 0 radical (unpaired) electrons. The van der Waals surface area contributed by atoms with Crippen molar-refractivity contribution in [2.45, 2.75) is 57.8 Å². The molecule has 0 aliphatic rings. The Hall–Kier alpha value is -6.78. The molecule has 0 amide bonds. The molecule has 59 heavy (non-hydrogen) atoms. The maximum Gasteiger partial charge on any atom is 0.0703 e. The Morgan fingerprint density at radius 2 is 0.678 bits per heavy atom. The number of nitrogens with zero attached hydrogens (tertiary/aromatic N) is 4. The number of para-hydroxylation sites is 2. The van der Waals surface area contributed by atoms with Crippen molar-refractivity contribution < 1.29 is 0 Å². The van der Waals surface area contributed by atoms with Crippen molar-refractivity contribution in [3.63, 3.8) is 0 Å². The molecule has 0 aliphatic heterocycles. The highest BCUT2D eigenvalue weighted by Crippen LogP contribution is 2.48. The van der Waals surface area contributed by atoms with Crippen molar-refractivity contribution in [2.75, 3.05) is 0 Å². The monoisotopic (exact) mass is 764 g/mol. The van der Waals surface area contributed by atoms with Crippen LogP contribution < -0.4 is 0 Å². The van der Waals surface area contributed by atoms with E-state index in [0.29, 0.717) is 0 Å². The molecule has 288 valence electrons. The van der Waals surface area contributed by atoms with Crippen LogP contribution in [-0.4, -0.2) is 19.1 Å². The lowest BCUT2D eigenvalue weighted by molar-refractivity contribution is 0.570. The maximum absolute atomic E-state index is 5.03. The van der Waals surface area contributed by atoms with E-state index < -0.39 is 5.41 Å². The third kappa shape index (κ3) is 5.88. The predicted octanol–water partition coefficient (Wildman–Crippen LogP) is 13.6. The first kappa shape index (κ1) is 36.6. The molecular formula is C55H48N4. The van der Waals surface area contributed by atoms with E-state index in [0.717, 1.165) is 55.6 Å². The standard InChI is InChI=1S/C55H48N4/c1-53(2,3)51-33-49-45(35-56-51)43-29-27-39(31-47(43)58(49)41-23-15-9-16-24-41)55(37-19-11-7-12-20-37,38-21-13-8-14-22-38)40-28-30-44-46-36-57-52(54(4,5)6)34-50(46)59(48(44)32-40)42-25-17-10-18-26-42/h7-36H,1-6H3. The highest BCUT2D eigenvalue weighted by molar-refractivity contribution is 6.10. The van der Waals surface area contributed by atoms with Gasteiger partial charge in [0.05, 0.1) is 27.5 Å². The third-order valence-electron chi connectivity index (χ3n) is 12.1. The summed E-state index contributed by atoms with van der Waals surface area (Å²) in [5, 5.41) is 4.64. The normalized spacial score (nSPS) is 12.6. The molecule has 0 N–H and O–H groups in total. The van der Waals surface area contributed by atoms with Crippen molar-refractivity contribution >= 4 is 43.6 Å². The molecule has 0 bridgehead atoms. The van der Waals surface area contributed by atoms with Gasteiger partial charge in [-0.3, -0.25) is 9.97 Å². The average molecular weight is 765 g/mol. The first-order chi connectivity index (χ1) is 28.5. The fourth-order valence-electron chi connectivity index (χ4n) is 9.20. The summed E-state index contributed by atoms with van der Waals surface area (Å²) in [7, 11) is 0. The minimum Gasteiger partial charge on any atom is -0.309 e. The zero-order chi connectivity index (χ0) is 40.5. The van der Waals surface area contributed by atoms with Crippen LogP contribution in [0.1, 0.15) is 75.2 Å². The van der Waals surface area contributed by atoms with Crippen LogP contribution in [0, 0.1) is 0 Å². The molecule has 0 saturated carbocycles. The van der Waals surface area contributed by atoms with Gasteiger partial charge in [0.2, 0.25) is 0 Å². The number of hydrogen-bond acceptors (Lipinski definition) is 2. The van der Waals surface area contributed by atoms with E-state index in [1.807, 2.05) is 0 Å². The molecule has 4 nitrogen and oxygen atoms in total. The molecule has 0 atom stereocenters. The molecule has 4 heterocycles. The van der Waals surface area contributed by atoms with Crippen LogP contribution >= 0.6 is 0 Å². The van der Waals surface area contributed by atoms with E-state index in [9.17, 15) is 0 Å². The average Bonchev–Trinajstić information content (AvgIpc) is 3.76. The Bertz CT molecular complexity index is 2930. The van der Waals surface area contributed by atoms with Gasteiger partial charge in [-0.05, 0) is 70.8 Å². The second-order valence-electron chi connectivity index (χ2n) is 18.0.